The number of nitrogens with zero attached hydrogens (tertiary/aromatic N) is 1. The van der Waals surface area contributed by atoms with Gasteiger partial charge in [-0.05, 0) is 24.3 Å². The van der Waals surface area contributed by atoms with E-state index in [4.69, 9.17) is 0 Å². The highest BCUT2D eigenvalue weighted by molar-refractivity contribution is 9.10. The zero-order chi connectivity index (χ0) is 13.4. The van der Waals surface area contributed by atoms with E-state index in [1.807, 2.05) is 29.2 Å². The van der Waals surface area contributed by atoms with Gasteiger partial charge in [0.15, 0.2) is 6.29 Å². The lowest BCUT2D eigenvalue weighted by molar-refractivity contribution is 0.112. The monoisotopic (exact) mass is 335 g/mol. The normalized spacial score (nSPS) is 13.4. The van der Waals surface area contributed by atoms with Crippen LogP contribution in [0.25, 0.3) is 0 Å². The molecule has 3 nitrogen and oxygen atoms in total. The molecule has 0 spiro atoms. The molecule has 0 atom stereocenters. The second-order valence-corrected chi connectivity index (χ2v) is 6.05. The van der Waals surface area contributed by atoms with Gasteiger partial charge in [-0.15, -0.1) is 11.8 Å². The predicted octanol–water partition coefficient (Wildman–Crippen LogP) is 4.17. The first-order valence-electron chi connectivity index (χ1n) is 5.68. The fraction of sp³-hybridized carbons (Fsp3) is 0.0714. The molecule has 0 aromatic heterocycles. The maximum atomic E-state index is 11.0. The van der Waals surface area contributed by atoms with Crippen molar-refractivity contribution in [1.82, 2.24) is 0 Å². The fourth-order valence-electron chi connectivity index (χ4n) is 2.11. The van der Waals surface area contributed by atoms with Gasteiger partial charge in [-0.3, -0.25) is 4.79 Å². The lowest BCUT2D eigenvalue weighted by Gasteiger charge is -2.20. The Morgan fingerprint density at radius 1 is 1.26 bits per heavy atom. The van der Waals surface area contributed by atoms with E-state index in [2.05, 4.69) is 22.0 Å². The van der Waals surface area contributed by atoms with Crippen LogP contribution in [0.4, 0.5) is 11.4 Å². The number of benzene rings is 2. The summed E-state index contributed by atoms with van der Waals surface area (Å²) in [5, 5.41) is 10.2. The third-order valence-corrected chi connectivity index (χ3v) is 4.51. The Labute approximate surface area is 123 Å². The SMILES string of the molecule is O=Cc1cc(Br)cc(N2CSc3ccccc32)c1O. The Morgan fingerprint density at radius 2 is 2.05 bits per heavy atom. The molecule has 2 aromatic rings. The number of thioether (sulfide) groups is 1. The van der Waals surface area contributed by atoms with Crippen LogP contribution in [0.5, 0.6) is 5.75 Å². The van der Waals surface area contributed by atoms with Crippen LogP contribution in [0.15, 0.2) is 45.8 Å². The molecule has 5 heteroatoms. The van der Waals surface area contributed by atoms with E-state index in [0.29, 0.717) is 17.5 Å². The van der Waals surface area contributed by atoms with Gasteiger partial charge in [-0.25, -0.2) is 0 Å². The van der Waals surface area contributed by atoms with Crippen molar-refractivity contribution in [1.29, 1.82) is 0 Å². The summed E-state index contributed by atoms with van der Waals surface area (Å²) in [5.74, 6) is 0.747. The Hall–Kier alpha value is -1.46. The Kier molecular flexibility index (Phi) is 3.24. The summed E-state index contributed by atoms with van der Waals surface area (Å²) < 4.78 is 0.775. The zero-order valence-corrected chi connectivity index (χ0v) is 12.2. The number of anilines is 2. The van der Waals surface area contributed by atoms with E-state index in [0.717, 1.165) is 16.0 Å². The number of aldehydes is 1. The highest BCUT2D eigenvalue weighted by atomic mass is 79.9. The van der Waals surface area contributed by atoms with Gasteiger partial charge in [-0.1, -0.05) is 28.1 Å². The number of halogens is 1. The molecule has 1 aliphatic rings. The number of carbonyl (C=O) groups excluding carboxylic acids is 1. The lowest BCUT2D eigenvalue weighted by Crippen LogP contribution is -2.12. The summed E-state index contributed by atoms with van der Waals surface area (Å²) in [6, 6.07) is 11.5. The van der Waals surface area contributed by atoms with Gasteiger partial charge in [-0.2, -0.15) is 0 Å². The number of carbonyl (C=O) groups is 1. The van der Waals surface area contributed by atoms with E-state index in [1.165, 1.54) is 4.90 Å². The van der Waals surface area contributed by atoms with Gasteiger partial charge in [0.05, 0.1) is 22.8 Å². The number of rotatable bonds is 2. The molecule has 0 amide bonds. The highest BCUT2D eigenvalue weighted by Gasteiger charge is 2.24. The maximum Gasteiger partial charge on any atom is 0.153 e. The molecule has 1 heterocycles. The van der Waals surface area contributed by atoms with E-state index in [-0.39, 0.29) is 5.75 Å². The third-order valence-electron chi connectivity index (χ3n) is 3.01. The minimum absolute atomic E-state index is 0.0236. The van der Waals surface area contributed by atoms with Crippen molar-refractivity contribution >= 4 is 45.4 Å². The van der Waals surface area contributed by atoms with E-state index in [9.17, 15) is 9.90 Å². The first-order valence-corrected chi connectivity index (χ1v) is 7.45. The number of fused-ring (bicyclic) bond motifs is 1. The van der Waals surface area contributed by atoms with Crippen LogP contribution in [-0.4, -0.2) is 17.3 Å². The van der Waals surface area contributed by atoms with Crippen LogP contribution in [-0.2, 0) is 0 Å². The Morgan fingerprint density at radius 3 is 2.84 bits per heavy atom. The van der Waals surface area contributed by atoms with Gasteiger partial charge < -0.3 is 10.0 Å². The number of hydrogen-bond acceptors (Lipinski definition) is 4. The summed E-state index contributed by atoms with van der Waals surface area (Å²) in [4.78, 5) is 14.2. The summed E-state index contributed by atoms with van der Waals surface area (Å²) >= 11 is 5.08. The second-order valence-electron chi connectivity index (χ2n) is 4.15. The molecule has 3 rings (SSSR count). The molecular formula is C14H10BrNO2S. The van der Waals surface area contributed by atoms with Gasteiger partial charge >= 0.3 is 0 Å². The lowest BCUT2D eigenvalue weighted by atomic mass is 10.1. The van der Waals surface area contributed by atoms with E-state index < -0.39 is 0 Å². The van der Waals surface area contributed by atoms with Gasteiger partial charge in [0.2, 0.25) is 0 Å². The van der Waals surface area contributed by atoms with Crippen molar-refractivity contribution in [2.45, 2.75) is 4.90 Å². The van der Waals surface area contributed by atoms with Crippen LogP contribution in [0.2, 0.25) is 0 Å². The average molecular weight is 336 g/mol. The molecule has 0 bridgehead atoms. The molecule has 0 aliphatic carbocycles. The summed E-state index contributed by atoms with van der Waals surface area (Å²) in [5.41, 5.74) is 1.99. The molecule has 19 heavy (non-hydrogen) atoms. The van der Waals surface area contributed by atoms with E-state index >= 15 is 0 Å². The van der Waals surface area contributed by atoms with Crippen molar-refractivity contribution in [2.75, 3.05) is 10.8 Å². The van der Waals surface area contributed by atoms with Crippen molar-refractivity contribution < 1.29 is 9.90 Å². The molecule has 0 saturated heterocycles. The summed E-state index contributed by atoms with van der Waals surface area (Å²) in [6.45, 7) is 0. The fourth-order valence-corrected chi connectivity index (χ4v) is 3.62. The molecule has 1 N–H and O–H groups in total. The smallest absolute Gasteiger partial charge is 0.153 e. The standard InChI is InChI=1S/C14H10BrNO2S/c15-10-5-9(7-17)14(18)12(6-10)16-8-19-13-4-2-1-3-11(13)16/h1-7,18H,8H2. The number of aromatic hydroxyl groups is 1. The zero-order valence-electron chi connectivity index (χ0n) is 9.84. The topological polar surface area (TPSA) is 40.5 Å². The molecule has 0 unspecified atom stereocenters. The predicted molar refractivity (Wildman–Crippen MR) is 80.5 cm³/mol. The summed E-state index contributed by atoms with van der Waals surface area (Å²) in [6.07, 6.45) is 0.665. The van der Waals surface area contributed by atoms with Crippen LogP contribution in [0, 0.1) is 0 Å². The minimum Gasteiger partial charge on any atom is -0.505 e. The average Bonchev–Trinajstić information content (AvgIpc) is 2.85. The number of phenolic OH excluding ortho intramolecular Hbond substituents is 1. The second kappa shape index (κ2) is 4.90. The molecule has 0 saturated carbocycles. The van der Waals surface area contributed by atoms with Crippen LogP contribution >= 0.6 is 27.7 Å². The third kappa shape index (κ3) is 2.13. The van der Waals surface area contributed by atoms with Crippen molar-refractivity contribution in [3.05, 3.63) is 46.4 Å². The molecular weight excluding hydrogens is 326 g/mol. The molecule has 2 aromatic carbocycles. The van der Waals surface area contributed by atoms with Crippen LogP contribution in [0.3, 0.4) is 0 Å². The van der Waals surface area contributed by atoms with Crippen molar-refractivity contribution in [3.8, 4) is 5.75 Å². The van der Waals surface area contributed by atoms with Gasteiger partial charge in [0.25, 0.3) is 0 Å². The molecule has 96 valence electrons. The Balaban J connectivity index is 2.14. The number of para-hydroxylation sites is 1. The maximum absolute atomic E-state index is 11.0. The Bertz CT molecular complexity index is 660. The van der Waals surface area contributed by atoms with Gasteiger partial charge in [0, 0.05) is 9.37 Å². The molecule has 0 fully saturated rings. The number of hydrogen-bond donors (Lipinski definition) is 1. The molecule has 0 radical (unpaired) electrons. The van der Waals surface area contributed by atoms with Crippen molar-refractivity contribution in [2.24, 2.45) is 0 Å². The number of phenols is 1. The van der Waals surface area contributed by atoms with Gasteiger partial charge in [0.1, 0.15) is 5.75 Å². The van der Waals surface area contributed by atoms with Crippen LogP contribution in [0.1, 0.15) is 10.4 Å². The van der Waals surface area contributed by atoms with Crippen molar-refractivity contribution in [3.63, 3.8) is 0 Å². The van der Waals surface area contributed by atoms with E-state index in [1.54, 1.807) is 17.8 Å². The first kappa shape index (κ1) is 12.6. The first-order chi connectivity index (χ1) is 9.20. The van der Waals surface area contributed by atoms with Crippen LogP contribution < -0.4 is 4.90 Å². The largest absolute Gasteiger partial charge is 0.505 e. The quantitative estimate of drug-likeness (QED) is 0.836. The summed E-state index contributed by atoms with van der Waals surface area (Å²) in [7, 11) is 0. The molecule has 1 aliphatic heterocycles. The minimum atomic E-state index is 0.0236. The highest BCUT2D eigenvalue weighted by Crippen LogP contribution is 2.46.